The summed E-state index contributed by atoms with van der Waals surface area (Å²) in [5.41, 5.74) is 4.74. The Balaban J connectivity index is 1.77. The van der Waals surface area contributed by atoms with Crippen molar-refractivity contribution in [3.8, 4) is 0 Å². The summed E-state index contributed by atoms with van der Waals surface area (Å²) in [5, 5.41) is 6.93. The number of hydrogen-bond donors (Lipinski definition) is 2. The van der Waals surface area contributed by atoms with Crippen LogP contribution in [0.4, 0.5) is 0 Å². The minimum absolute atomic E-state index is 0.166. The summed E-state index contributed by atoms with van der Waals surface area (Å²) in [6.07, 6.45) is 3.49. The third-order valence-electron chi connectivity index (χ3n) is 3.17. The normalized spacial score (nSPS) is 11.4. The zero-order valence-corrected chi connectivity index (χ0v) is 14.5. The van der Waals surface area contributed by atoms with Crippen molar-refractivity contribution in [2.45, 2.75) is 6.92 Å². The molecule has 0 fully saturated rings. The summed E-state index contributed by atoms with van der Waals surface area (Å²) in [7, 11) is 0. The van der Waals surface area contributed by atoms with Gasteiger partial charge < -0.3 is 5.32 Å². The molecule has 0 aliphatic rings. The molecule has 0 atom stereocenters. The van der Waals surface area contributed by atoms with Crippen molar-refractivity contribution < 1.29 is 9.59 Å². The average Bonchev–Trinajstić information content (AvgIpc) is 2.61. The number of benzene rings is 2. The Hall–Kier alpha value is -2.92. The number of halogens is 1. The Bertz CT molecular complexity index is 784. The summed E-state index contributed by atoms with van der Waals surface area (Å²) in [4.78, 5) is 23.6. The third-order valence-corrected chi connectivity index (χ3v) is 3.42. The predicted octanol–water partition coefficient (Wildman–Crippen LogP) is 3.28. The van der Waals surface area contributed by atoms with Crippen LogP contribution in [-0.4, -0.2) is 24.6 Å². The number of allylic oxidation sites excluding steroid dienone is 1. The van der Waals surface area contributed by atoms with Crippen LogP contribution in [-0.2, 0) is 4.79 Å². The largest absolute Gasteiger partial charge is 0.343 e. The number of nitrogens with zero attached hydrogens (tertiary/aromatic N) is 1. The Kier molecular flexibility index (Phi) is 6.92. The van der Waals surface area contributed by atoms with Gasteiger partial charge in [0, 0.05) is 10.6 Å². The van der Waals surface area contributed by atoms with Gasteiger partial charge in [0.25, 0.3) is 11.8 Å². The molecule has 0 radical (unpaired) electrons. The maximum absolute atomic E-state index is 11.9. The standard InChI is InChI=1S/C19H18ClN3O2/c1-14(11-15-5-3-2-4-6-15)12-22-23-18(24)13-21-19(25)16-7-9-17(20)10-8-16/h2-12H,13H2,1H3,(H,21,25)(H,23,24). The molecule has 0 heterocycles. The van der Waals surface area contributed by atoms with Gasteiger partial charge in [0.05, 0.1) is 12.8 Å². The molecule has 0 unspecified atom stereocenters. The van der Waals surface area contributed by atoms with Gasteiger partial charge in [-0.1, -0.05) is 48.0 Å². The van der Waals surface area contributed by atoms with Gasteiger partial charge in [-0.25, -0.2) is 5.43 Å². The van der Waals surface area contributed by atoms with E-state index >= 15 is 0 Å². The summed E-state index contributed by atoms with van der Waals surface area (Å²) >= 11 is 5.76. The molecule has 0 saturated heterocycles. The van der Waals surface area contributed by atoms with E-state index in [4.69, 9.17) is 11.6 Å². The fourth-order valence-electron chi connectivity index (χ4n) is 1.96. The van der Waals surface area contributed by atoms with E-state index in [2.05, 4.69) is 15.8 Å². The summed E-state index contributed by atoms with van der Waals surface area (Å²) in [6.45, 7) is 1.71. The molecule has 0 aliphatic heterocycles. The highest BCUT2D eigenvalue weighted by Crippen LogP contribution is 2.09. The lowest BCUT2D eigenvalue weighted by atomic mass is 10.1. The second kappa shape index (κ2) is 9.39. The van der Waals surface area contributed by atoms with Gasteiger partial charge in [0.15, 0.2) is 0 Å². The second-order valence-electron chi connectivity index (χ2n) is 5.28. The Labute approximate surface area is 151 Å². The molecule has 2 N–H and O–H groups in total. The number of hydrogen-bond acceptors (Lipinski definition) is 3. The first-order valence-electron chi connectivity index (χ1n) is 7.63. The van der Waals surface area contributed by atoms with Crippen LogP contribution >= 0.6 is 11.6 Å². The van der Waals surface area contributed by atoms with Crippen molar-refractivity contribution >= 4 is 35.7 Å². The van der Waals surface area contributed by atoms with Crippen molar-refractivity contribution in [2.75, 3.05) is 6.54 Å². The second-order valence-corrected chi connectivity index (χ2v) is 5.72. The first-order chi connectivity index (χ1) is 12.0. The molecular weight excluding hydrogens is 338 g/mol. The van der Waals surface area contributed by atoms with E-state index in [-0.39, 0.29) is 12.5 Å². The van der Waals surface area contributed by atoms with E-state index in [0.717, 1.165) is 11.1 Å². The van der Waals surface area contributed by atoms with E-state index < -0.39 is 5.91 Å². The van der Waals surface area contributed by atoms with Crippen LogP contribution in [0.3, 0.4) is 0 Å². The number of hydrazone groups is 1. The lowest BCUT2D eigenvalue weighted by Gasteiger charge is -2.04. The minimum atomic E-state index is -0.411. The fraction of sp³-hybridized carbons (Fsp3) is 0.105. The topological polar surface area (TPSA) is 70.6 Å². The molecule has 2 rings (SSSR count). The van der Waals surface area contributed by atoms with Gasteiger partial charge in [0.2, 0.25) is 0 Å². The van der Waals surface area contributed by atoms with E-state index in [1.807, 2.05) is 43.3 Å². The molecule has 0 bridgehead atoms. The van der Waals surface area contributed by atoms with E-state index in [9.17, 15) is 9.59 Å². The number of carbonyl (C=O) groups is 2. The molecular formula is C19H18ClN3O2. The minimum Gasteiger partial charge on any atom is -0.343 e. The summed E-state index contributed by atoms with van der Waals surface area (Å²) < 4.78 is 0. The number of rotatable bonds is 6. The quantitative estimate of drug-likeness (QED) is 0.616. The molecule has 0 spiro atoms. The predicted molar refractivity (Wildman–Crippen MR) is 101 cm³/mol. The van der Waals surface area contributed by atoms with Crippen LogP contribution in [0.25, 0.3) is 6.08 Å². The molecule has 25 heavy (non-hydrogen) atoms. The smallest absolute Gasteiger partial charge is 0.259 e. The monoisotopic (exact) mass is 355 g/mol. The number of carbonyl (C=O) groups excluding carboxylic acids is 2. The zero-order chi connectivity index (χ0) is 18.1. The van der Waals surface area contributed by atoms with Gasteiger partial charge in [-0.05, 0) is 42.3 Å². The van der Waals surface area contributed by atoms with Crippen LogP contribution < -0.4 is 10.7 Å². The lowest BCUT2D eigenvalue weighted by Crippen LogP contribution is -2.34. The average molecular weight is 356 g/mol. The third kappa shape index (κ3) is 6.61. The molecule has 2 aromatic carbocycles. The van der Waals surface area contributed by atoms with E-state index in [0.29, 0.717) is 10.6 Å². The SMILES string of the molecule is CC(C=NNC(=O)CNC(=O)c1ccc(Cl)cc1)=Cc1ccccc1. The van der Waals surface area contributed by atoms with Crippen LogP contribution in [0.1, 0.15) is 22.8 Å². The highest BCUT2D eigenvalue weighted by atomic mass is 35.5. The van der Waals surface area contributed by atoms with Gasteiger partial charge >= 0.3 is 0 Å². The molecule has 2 aromatic rings. The molecule has 5 nitrogen and oxygen atoms in total. The molecule has 128 valence electrons. The maximum atomic E-state index is 11.9. The highest BCUT2D eigenvalue weighted by molar-refractivity contribution is 6.30. The van der Waals surface area contributed by atoms with Crippen molar-refractivity contribution in [2.24, 2.45) is 5.10 Å². The van der Waals surface area contributed by atoms with E-state index in [1.54, 1.807) is 30.5 Å². The molecule has 0 saturated carbocycles. The maximum Gasteiger partial charge on any atom is 0.259 e. The fourth-order valence-corrected chi connectivity index (χ4v) is 2.08. The number of nitrogens with one attached hydrogen (secondary N) is 2. The first-order valence-corrected chi connectivity index (χ1v) is 8.01. The van der Waals surface area contributed by atoms with Crippen LogP contribution in [0.2, 0.25) is 5.02 Å². The van der Waals surface area contributed by atoms with Gasteiger partial charge in [-0.15, -0.1) is 0 Å². The molecule has 6 heteroatoms. The van der Waals surface area contributed by atoms with E-state index in [1.165, 1.54) is 0 Å². The van der Waals surface area contributed by atoms with Crippen molar-refractivity contribution in [1.29, 1.82) is 0 Å². The van der Waals surface area contributed by atoms with Crippen molar-refractivity contribution in [3.05, 3.63) is 76.3 Å². The molecule has 0 aliphatic carbocycles. The molecule has 0 aromatic heterocycles. The van der Waals surface area contributed by atoms with Crippen LogP contribution in [0.5, 0.6) is 0 Å². The van der Waals surface area contributed by atoms with Crippen molar-refractivity contribution in [1.82, 2.24) is 10.7 Å². The van der Waals surface area contributed by atoms with Gasteiger partial charge in [-0.3, -0.25) is 9.59 Å². The molecule has 2 amide bonds. The Morgan fingerprint density at radius 2 is 1.76 bits per heavy atom. The van der Waals surface area contributed by atoms with Crippen molar-refractivity contribution in [3.63, 3.8) is 0 Å². The summed E-state index contributed by atoms with van der Waals surface area (Å²) in [5.74, 6) is -0.762. The number of amides is 2. The summed E-state index contributed by atoms with van der Waals surface area (Å²) in [6, 6.07) is 16.2. The van der Waals surface area contributed by atoms with Gasteiger partial charge in [0.1, 0.15) is 0 Å². The first kappa shape index (κ1) is 18.4. The van der Waals surface area contributed by atoms with Gasteiger partial charge in [-0.2, -0.15) is 5.10 Å². The highest BCUT2D eigenvalue weighted by Gasteiger charge is 2.07. The Morgan fingerprint density at radius 3 is 2.44 bits per heavy atom. The van der Waals surface area contributed by atoms with Crippen LogP contribution in [0, 0.1) is 0 Å². The lowest BCUT2D eigenvalue weighted by molar-refractivity contribution is -0.120. The zero-order valence-electron chi connectivity index (χ0n) is 13.7. The van der Waals surface area contributed by atoms with Crippen LogP contribution in [0.15, 0.2) is 65.3 Å². The Morgan fingerprint density at radius 1 is 1.08 bits per heavy atom.